The first-order chi connectivity index (χ1) is 13.7. The Bertz CT molecular complexity index is 961. The monoisotopic (exact) mass is 377 g/mol. The fraction of sp³-hybridized carbons (Fsp3) is 0.273. The van der Waals surface area contributed by atoms with E-state index in [9.17, 15) is 4.79 Å². The molecule has 0 saturated carbocycles. The first-order valence-electron chi connectivity index (χ1n) is 9.46. The maximum Gasteiger partial charge on any atom is 0.230 e. The summed E-state index contributed by atoms with van der Waals surface area (Å²) < 4.78 is 10.6. The van der Waals surface area contributed by atoms with Gasteiger partial charge in [0.2, 0.25) is 5.91 Å². The third-order valence-electron chi connectivity index (χ3n) is 4.86. The second-order valence-corrected chi connectivity index (χ2v) is 6.88. The predicted octanol–water partition coefficient (Wildman–Crippen LogP) is 4.13. The zero-order valence-corrected chi connectivity index (χ0v) is 15.9. The maximum absolute atomic E-state index is 12.4. The molecule has 1 N–H and O–H groups in total. The third-order valence-corrected chi connectivity index (χ3v) is 4.86. The van der Waals surface area contributed by atoms with Gasteiger partial charge in [-0.15, -0.1) is 0 Å². The molecule has 0 radical (unpaired) electrons. The minimum Gasteiger partial charge on any atom is -0.497 e. The summed E-state index contributed by atoms with van der Waals surface area (Å²) in [7, 11) is 1.62. The van der Waals surface area contributed by atoms with Crippen molar-refractivity contribution in [3.8, 4) is 17.1 Å². The summed E-state index contributed by atoms with van der Waals surface area (Å²) in [5.74, 6) is 1.23. The Morgan fingerprint density at radius 1 is 1.14 bits per heavy atom. The van der Waals surface area contributed by atoms with Crippen molar-refractivity contribution in [2.24, 2.45) is 0 Å². The lowest BCUT2D eigenvalue weighted by molar-refractivity contribution is -0.115. The minimum absolute atomic E-state index is 0.121. The lowest BCUT2D eigenvalue weighted by Crippen LogP contribution is -2.18. The normalized spacial score (nSPS) is 13.5. The first kappa shape index (κ1) is 18.1. The van der Waals surface area contributed by atoms with E-state index in [0.29, 0.717) is 11.5 Å². The van der Waals surface area contributed by atoms with E-state index in [4.69, 9.17) is 9.26 Å². The van der Waals surface area contributed by atoms with Gasteiger partial charge < -0.3 is 19.5 Å². The Hall–Kier alpha value is -3.28. The molecule has 1 aromatic heterocycles. The lowest BCUT2D eigenvalue weighted by atomic mass is 10.1. The van der Waals surface area contributed by atoms with Gasteiger partial charge in [0.25, 0.3) is 0 Å². The van der Waals surface area contributed by atoms with Crippen LogP contribution in [-0.2, 0) is 11.2 Å². The van der Waals surface area contributed by atoms with Crippen LogP contribution in [0.4, 0.5) is 11.4 Å². The van der Waals surface area contributed by atoms with Crippen LogP contribution in [0.3, 0.4) is 0 Å². The number of nitrogens with one attached hydrogen (secondary N) is 1. The number of aromatic nitrogens is 1. The Kier molecular flexibility index (Phi) is 5.28. The molecule has 0 spiro atoms. The van der Waals surface area contributed by atoms with Gasteiger partial charge in [-0.05, 0) is 43.2 Å². The average Bonchev–Trinajstić information content (AvgIpc) is 3.40. The molecule has 0 bridgehead atoms. The van der Waals surface area contributed by atoms with Crippen LogP contribution in [0, 0.1) is 0 Å². The molecule has 1 saturated heterocycles. The molecule has 0 atom stereocenters. The summed E-state index contributed by atoms with van der Waals surface area (Å²) in [5, 5.41) is 6.98. The number of nitrogens with zero attached hydrogens (tertiary/aromatic N) is 2. The van der Waals surface area contributed by atoms with Gasteiger partial charge in [-0.1, -0.05) is 23.4 Å². The maximum atomic E-state index is 12.4. The van der Waals surface area contributed by atoms with Gasteiger partial charge >= 0.3 is 0 Å². The van der Waals surface area contributed by atoms with Crippen LogP contribution >= 0.6 is 0 Å². The van der Waals surface area contributed by atoms with Crippen LogP contribution in [0.1, 0.15) is 18.5 Å². The molecule has 6 nitrogen and oxygen atoms in total. The highest BCUT2D eigenvalue weighted by Gasteiger charge is 2.14. The highest BCUT2D eigenvalue weighted by Crippen LogP contribution is 2.25. The molecule has 0 unspecified atom stereocenters. The smallest absolute Gasteiger partial charge is 0.230 e. The zero-order chi connectivity index (χ0) is 19.3. The largest absolute Gasteiger partial charge is 0.497 e. The molecular formula is C22H23N3O3. The molecule has 1 amide bonds. The van der Waals surface area contributed by atoms with E-state index in [1.807, 2.05) is 42.5 Å². The molecule has 1 aliphatic heterocycles. The van der Waals surface area contributed by atoms with Gasteiger partial charge in [0.05, 0.1) is 19.2 Å². The third kappa shape index (κ3) is 4.17. The minimum atomic E-state index is -0.121. The van der Waals surface area contributed by atoms with E-state index in [-0.39, 0.29) is 12.3 Å². The number of methoxy groups -OCH3 is 1. The lowest BCUT2D eigenvalue weighted by Gasteiger charge is -2.18. The van der Waals surface area contributed by atoms with Gasteiger partial charge in [-0.25, -0.2) is 0 Å². The fourth-order valence-electron chi connectivity index (χ4n) is 3.43. The number of rotatable bonds is 6. The van der Waals surface area contributed by atoms with Crippen molar-refractivity contribution in [1.29, 1.82) is 0 Å². The quantitative estimate of drug-likeness (QED) is 0.699. The molecule has 3 aromatic rings. The summed E-state index contributed by atoms with van der Waals surface area (Å²) in [6.07, 6.45) is 2.60. The van der Waals surface area contributed by atoms with Crippen molar-refractivity contribution in [3.63, 3.8) is 0 Å². The average molecular weight is 377 g/mol. The van der Waals surface area contributed by atoms with Crippen LogP contribution in [0.2, 0.25) is 0 Å². The fourth-order valence-corrected chi connectivity index (χ4v) is 3.43. The van der Waals surface area contributed by atoms with Gasteiger partial charge in [0.15, 0.2) is 5.76 Å². The number of anilines is 2. The molecule has 0 aliphatic carbocycles. The highest BCUT2D eigenvalue weighted by atomic mass is 16.5. The number of hydrogen-bond acceptors (Lipinski definition) is 5. The molecule has 2 aromatic carbocycles. The highest BCUT2D eigenvalue weighted by molar-refractivity contribution is 5.92. The van der Waals surface area contributed by atoms with Crippen molar-refractivity contribution < 1.29 is 14.1 Å². The second kappa shape index (κ2) is 8.17. The molecule has 1 aliphatic rings. The zero-order valence-electron chi connectivity index (χ0n) is 15.9. The Morgan fingerprint density at radius 2 is 1.96 bits per heavy atom. The van der Waals surface area contributed by atoms with Gasteiger partial charge in [0, 0.05) is 36.1 Å². The number of ether oxygens (including phenoxy) is 1. The summed E-state index contributed by atoms with van der Waals surface area (Å²) in [6.45, 7) is 2.15. The Labute approximate surface area is 164 Å². The van der Waals surface area contributed by atoms with E-state index in [1.165, 1.54) is 12.8 Å². The molecule has 28 heavy (non-hydrogen) atoms. The molecule has 1 fully saturated rings. The number of amides is 1. The van der Waals surface area contributed by atoms with Crippen molar-refractivity contribution >= 4 is 17.3 Å². The molecule has 4 rings (SSSR count). The summed E-state index contributed by atoms with van der Waals surface area (Å²) in [5.41, 5.74) is 3.39. The number of benzene rings is 2. The molecule has 6 heteroatoms. The van der Waals surface area contributed by atoms with Crippen LogP contribution < -0.4 is 15.0 Å². The van der Waals surface area contributed by atoms with Gasteiger partial charge in [-0.3, -0.25) is 4.79 Å². The standard InChI is InChI=1S/C22H23N3O3/c1-27-20-9-4-6-16(12-20)21-14-18(24-28-21)15-22(26)23-17-7-5-8-19(13-17)25-10-2-3-11-25/h4-9,12-14H,2-3,10-11,15H2,1H3,(H,23,26). The number of carbonyl (C=O) groups is 1. The van der Waals surface area contributed by atoms with E-state index in [1.54, 1.807) is 13.2 Å². The van der Waals surface area contributed by atoms with Gasteiger partial charge in [0.1, 0.15) is 5.75 Å². The topological polar surface area (TPSA) is 67.6 Å². The van der Waals surface area contributed by atoms with Crippen molar-refractivity contribution in [2.45, 2.75) is 19.3 Å². The summed E-state index contributed by atoms with van der Waals surface area (Å²) in [4.78, 5) is 14.8. The molecule has 144 valence electrons. The first-order valence-corrected chi connectivity index (χ1v) is 9.46. The van der Waals surface area contributed by atoms with E-state index >= 15 is 0 Å². The van der Waals surface area contributed by atoms with Gasteiger partial charge in [-0.2, -0.15) is 0 Å². The van der Waals surface area contributed by atoms with E-state index < -0.39 is 0 Å². The van der Waals surface area contributed by atoms with Crippen LogP contribution in [0.5, 0.6) is 5.75 Å². The van der Waals surface area contributed by atoms with Crippen molar-refractivity contribution in [1.82, 2.24) is 5.16 Å². The van der Waals surface area contributed by atoms with Crippen LogP contribution in [0.25, 0.3) is 11.3 Å². The Morgan fingerprint density at radius 3 is 2.79 bits per heavy atom. The SMILES string of the molecule is COc1cccc(-c2cc(CC(=O)Nc3cccc(N4CCCC4)c3)no2)c1. The second-order valence-electron chi connectivity index (χ2n) is 6.88. The Balaban J connectivity index is 1.40. The van der Waals surface area contributed by atoms with Crippen molar-refractivity contribution in [3.05, 3.63) is 60.3 Å². The number of carbonyl (C=O) groups excluding carboxylic acids is 1. The summed E-state index contributed by atoms with van der Waals surface area (Å²) in [6, 6.07) is 17.3. The van der Waals surface area contributed by atoms with E-state index in [2.05, 4.69) is 21.4 Å². The molecule has 2 heterocycles. The summed E-state index contributed by atoms with van der Waals surface area (Å²) >= 11 is 0. The van der Waals surface area contributed by atoms with Crippen molar-refractivity contribution in [2.75, 3.05) is 30.4 Å². The van der Waals surface area contributed by atoms with Crippen LogP contribution in [0.15, 0.2) is 59.1 Å². The predicted molar refractivity (Wildman–Crippen MR) is 109 cm³/mol. The van der Waals surface area contributed by atoms with E-state index in [0.717, 1.165) is 35.8 Å². The van der Waals surface area contributed by atoms with Crippen LogP contribution in [-0.4, -0.2) is 31.3 Å². The molecular weight excluding hydrogens is 354 g/mol. The number of hydrogen-bond donors (Lipinski definition) is 1.